The quantitative estimate of drug-likeness (QED) is 0.274. The summed E-state index contributed by atoms with van der Waals surface area (Å²) in [5.74, 6) is -0.767. The molecule has 2 aromatic carbocycles. The number of aryl methyl sites for hydroxylation is 2. The molecule has 2 unspecified atom stereocenters. The number of nitrogens with zero attached hydrogens (tertiary/aromatic N) is 1. The molecule has 220 valence electrons. The smallest absolute Gasteiger partial charge is 0.408 e. The highest BCUT2D eigenvalue weighted by molar-refractivity contribution is 5.92. The lowest BCUT2D eigenvalue weighted by Crippen LogP contribution is -2.55. The first kappa shape index (κ1) is 32.9. The van der Waals surface area contributed by atoms with Gasteiger partial charge in [-0.2, -0.15) is 0 Å². The van der Waals surface area contributed by atoms with Crippen LogP contribution in [0.4, 0.5) is 4.79 Å². The Morgan fingerprint density at radius 1 is 0.925 bits per heavy atom. The molecule has 0 radical (unpaired) electrons. The molecule has 2 atom stereocenters. The van der Waals surface area contributed by atoms with Crippen LogP contribution in [-0.4, -0.2) is 41.0 Å². The number of alkyl carbamates (subject to hydrolysis) is 1. The van der Waals surface area contributed by atoms with E-state index in [9.17, 15) is 14.4 Å². The fraction of sp³-hybridized carbons (Fsp3) is 0.545. The summed E-state index contributed by atoms with van der Waals surface area (Å²) in [4.78, 5) is 42.6. The summed E-state index contributed by atoms with van der Waals surface area (Å²) in [6.07, 6.45) is 3.14. The zero-order valence-electron chi connectivity index (χ0n) is 25.7. The first-order valence-electron chi connectivity index (χ1n) is 14.5. The second-order valence-electron chi connectivity index (χ2n) is 11.9. The molecule has 0 spiro atoms. The van der Waals surface area contributed by atoms with E-state index >= 15 is 0 Å². The molecule has 0 aliphatic carbocycles. The highest BCUT2D eigenvalue weighted by Gasteiger charge is 2.37. The minimum absolute atomic E-state index is 0.217. The van der Waals surface area contributed by atoms with E-state index in [-0.39, 0.29) is 17.7 Å². The van der Waals surface area contributed by atoms with Crippen molar-refractivity contribution in [3.63, 3.8) is 0 Å². The van der Waals surface area contributed by atoms with Crippen LogP contribution in [0, 0.1) is 19.8 Å². The van der Waals surface area contributed by atoms with Crippen LogP contribution in [0.3, 0.4) is 0 Å². The van der Waals surface area contributed by atoms with Gasteiger partial charge in [0.2, 0.25) is 11.8 Å². The van der Waals surface area contributed by atoms with Gasteiger partial charge in [-0.15, -0.1) is 0 Å². The summed E-state index contributed by atoms with van der Waals surface area (Å²) in [6, 6.07) is 13.9. The Hall–Kier alpha value is -3.35. The van der Waals surface area contributed by atoms with Gasteiger partial charge < -0.3 is 20.3 Å². The number of nitrogens with one attached hydrogen (secondary N) is 2. The van der Waals surface area contributed by atoms with E-state index in [4.69, 9.17) is 4.74 Å². The molecule has 2 aromatic rings. The molecule has 0 aromatic heterocycles. The third-order valence-corrected chi connectivity index (χ3v) is 6.86. The molecule has 2 N–H and O–H groups in total. The SMILES string of the molecule is CCCCCCN(C(=O)C(NC(=O)OC(C)(C)C)C(C)C)C(C(=O)NCc1ccccc1)c1ccc(C)c(C)c1. The molecule has 3 amide bonds. The van der Waals surface area contributed by atoms with Crippen LogP contribution in [0.5, 0.6) is 0 Å². The maximum atomic E-state index is 14.3. The van der Waals surface area contributed by atoms with Crippen molar-refractivity contribution in [2.45, 2.75) is 105 Å². The fourth-order valence-corrected chi connectivity index (χ4v) is 4.49. The van der Waals surface area contributed by atoms with E-state index in [0.29, 0.717) is 13.1 Å². The first-order valence-corrected chi connectivity index (χ1v) is 14.5. The topological polar surface area (TPSA) is 87.7 Å². The van der Waals surface area contributed by atoms with Gasteiger partial charge in [0.05, 0.1) is 0 Å². The van der Waals surface area contributed by atoms with Gasteiger partial charge in [-0.3, -0.25) is 9.59 Å². The van der Waals surface area contributed by atoms with E-state index in [2.05, 4.69) is 17.6 Å². The average molecular weight is 552 g/mol. The van der Waals surface area contributed by atoms with Crippen LogP contribution in [0.2, 0.25) is 0 Å². The van der Waals surface area contributed by atoms with Crippen molar-refractivity contribution in [1.82, 2.24) is 15.5 Å². The third-order valence-electron chi connectivity index (χ3n) is 6.86. The van der Waals surface area contributed by atoms with E-state index in [1.165, 1.54) is 0 Å². The standard InChI is InChI=1S/C33H49N3O4/c1-9-10-11-15-20-36(31(38)28(23(2)3)35-32(39)40-33(6,7)8)29(27-19-18-24(4)25(5)21-27)30(37)34-22-26-16-13-12-14-17-26/h12-14,16-19,21,23,28-29H,9-11,15,20,22H2,1-8H3,(H,34,37)(H,35,39). The summed E-state index contributed by atoms with van der Waals surface area (Å²) >= 11 is 0. The fourth-order valence-electron chi connectivity index (χ4n) is 4.49. The van der Waals surface area contributed by atoms with Crippen LogP contribution in [0.25, 0.3) is 0 Å². The van der Waals surface area contributed by atoms with Gasteiger partial charge in [0.25, 0.3) is 0 Å². The number of hydrogen-bond acceptors (Lipinski definition) is 4. The van der Waals surface area contributed by atoms with Gasteiger partial charge in [0.15, 0.2) is 0 Å². The van der Waals surface area contributed by atoms with Crippen LogP contribution in [-0.2, 0) is 20.9 Å². The van der Waals surface area contributed by atoms with Crippen LogP contribution >= 0.6 is 0 Å². The Labute approximate surface area is 241 Å². The summed E-state index contributed by atoms with van der Waals surface area (Å²) in [7, 11) is 0. The number of carbonyl (C=O) groups excluding carboxylic acids is 3. The highest BCUT2D eigenvalue weighted by Crippen LogP contribution is 2.27. The Kier molecular flexibility index (Phi) is 12.7. The minimum Gasteiger partial charge on any atom is -0.444 e. The van der Waals surface area contributed by atoms with Crippen molar-refractivity contribution in [2.75, 3.05) is 6.54 Å². The molecule has 0 heterocycles. The van der Waals surface area contributed by atoms with Crippen molar-refractivity contribution >= 4 is 17.9 Å². The molecule has 0 aliphatic rings. The molecule has 0 fully saturated rings. The van der Waals surface area contributed by atoms with Gasteiger partial charge in [-0.05, 0) is 69.2 Å². The lowest BCUT2D eigenvalue weighted by atomic mass is 9.96. The normalized spacial score (nSPS) is 12.9. The van der Waals surface area contributed by atoms with Crippen LogP contribution < -0.4 is 10.6 Å². The lowest BCUT2D eigenvalue weighted by Gasteiger charge is -2.36. The number of ether oxygens (including phenoxy) is 1. The van der Waals surface area contributed by atoms with E-state index in [1.807, 2.05) is 76.2 Å². The van der Waals surface area contributed by atoms with Gasteiger partial charge in [0, 0.05) is 13.1 Å². The summed E-state index contributed by atoms with van der Waals surface area (Å²) < 4.78 is 5.47. The number of rotatable bonds is 13. The maximum absolute atomic E-state index is 14.3. The van der Waals surface area contributed by atoms with Crippen LogP contribution in [0.1, 0.15) is 95.5 Å². The molecule has 40 heavy (non-hydrogen) atoms. The van der Waals surface area contributed by atoms with Crippen LogP contribution in [0.15, 0.2) is 48.5 Å². The molecule has 2 rings (SSSR count). The van der Waals surface area contributed by atoms with Gasteiger partial charge >= 0.3 is 6.09 Å². The summed E-state index contributed by atoms with van der Waals surface area (Å²) in [5, 5.41) is 5.86. The van der Waals surface area contributed by atoms with Crippen molar-refractivity contribution in [1.29, 1.82) is 0 Å². The zero-order chi connectivity index (χ0) is 29.9. The van der Waals surface area contributed by atoms with E-state index < -0.39 is 23.8 Å². The predicted molar refractivity (Wildman–Crippen MR) is 161 cm³/mol. The second kappa shape index (κ2) is 15.4. The molecular weight excluding hydrogens is 502 g/mol. The lowest BCUT2D eigenvalue weighted by molar-refractivity contribution is -0.143. The monoisotopic (exact) mass is 551 g/mol. The Morgan fingerprint density at radius 2 is 1.60 bits per heavy atom. The number of benzene rings is 2. The van der Waals surface area contributed by atoms with E-state index in [1.54, 1.807) is 25.7 Å². The Bertz CT molecular complexity index is 1110. The number of amides is 3. The predicted octanol–water partition coefficient (Wildman–Crippen LogP) is 6.62. The largest absolute Gasteiger partial charge is 0.444 e. The Morgan fingerprint density at radius 3 is 2.17 bits per heavy atom. The zero-order valence-corrected chi connectivity index (χ0v) is 25.7. The molecular formula is C33H49N3O4. The maximum Gasteiger partial charge on any atom is 0.408 e. The summed E-state index contributed by atoms with van der Waals surface area (Å²) in [5.41, 5.74) is 3.18. The number of hydrogen-bond donors (Lipinski definition) is 2. The number of unbranched alkanes of at least 4 members (excludes halogenated alkanes) is 3. The number of carbonyl (C=O) groups is 3. The highest BCUT2D eigenvalue weighted by atomic mass is 16.6. The Balaban J connectivity index is 2.49. The molecule has 0 bridgehead atoms. The second-order valence-corrected chi connectivity index (χ2v) is 11.9. The summed E-state index contributed by atoms with van der Waals surface area (Å²) in [6.45, 7) is 16.0. The first-order chi connectivity index (χ1) is 18.8. The average Bonchev–Trinajstić information content (AvgIpc) is 2.88. The van der Waals surface area contributed by atoms with Crippen molar-refractivity contribution in [2.24, 2.45) is 5.92 Å². The molecule has 0 saturated heterocycles. The third kappa shape index (κ3) is 10.3. The molecule has 0 aliphatic heterocycles. The van der Waals surface area contributed by atoms with Gasteiger partial charge in [-0.25, -0.2) is 4.79 Å². The van der Waals surface area contributed by atoms with Crippen molar-refractivity contribution in [3.8, 4) is 0 Å². The van der Waals surface area contributed by atoms with Gasteiger partial charge in [-0.1, -0.05) is 88.6 Å². The van der Waals surface area contributed by atoms with Crippen molar-refractivity contribution in [3.05, 3.63) is 70.8 Å². The van der Waals surface area contributed by atoms with E-state index in [0.717, 1.165) is 47.9 Å². The minimum atomic E-state index is -0.850. The molecule has 7 heteroatoms. The van der Waals surface area contributed by atoms with Crippen molar-refractivity contribution < 1.29 is 19.1 Å². The molecule has 0 saturated carbocycles. The molecule has 7 nitrogen and oxygen atoms in total. The van der Waals surface area contributed by atoms with Gasteiger partial charge in [0.1, 0.15) is 17.7 Å².